The summed E-state index contributed by atoms with van der Waals surface area (Å²) in [6.07, 6.45) is 2.81. The van der Waals surface area contributed by atoms with E-state index < -0.39 is 11.1 Å². The Kier molecular flexibility index (Phi) is 9.36. The average molecular weight is 420 g/mol. The van der Waals surface area contributed by atoms with E-state index >= 15 is 0 Å². The van der Waals surface area contributed by atoms with Gasteiger partial charge in [-0.1, -0.05) is 20.3 Å². The van der Waals surface area contributed by atoms with Crippen LogP contribution in [0, 0.1) is 5.82 Å². The average Bonchev–Trinajstić information content (AvgIpc) is 2.52. The lowest BCUT2D eigenvalue weighted by atomic mass is 10.2. The van der Waals surface area contributed by atoms with E-state index in [0.29, 0.717) is 28.8 Å². The number of ether oxygens (including phenoxy) is 1. The molecule has 0 saturated carbocycles. The topological polar surface area (TPSA) is 55.4 Å². The molecule has 0 aliphatic rings. The molecular formula is C17H23BrFNO3S. The standard InChI is InChI=1S/C17H23BrFNO3S/c1-4-6-8-23-17(22)11(3)24-15-10-14(13(19)9-12(15)18)20-16(21)7-5-2/h9-11H,4-8H2,1-3H3,(H,20,21). The monoisotopic (exact) mass is 419 g/mol. The third-order valence-corrected chi connectivity index (χ3v) is 5.21. The molecule has 4 nitrogen and oxygen atoms in total. The van der Waals surface area contributed by atoms with Crippen LogP contribution in [-0.4, -0.2) is 23.7 Å². The first-order valence-electron chi connectivity index (χ1n) is 8.01. The van der Waals surface area contributed by atoms with Crippen LogP contribution < -0.4 is 5.32 Å². The molecule has 0 saturated heterocycles. The normalized spacial score (nSPS) is 11.9. The van der Waals surface area contributed by atoms with Crippen LogP contribution >= 0.6 is 27.7 Å². The molecular weight excluding hydrogens is 397 g/mol. The highest BCUT2D eigenvalue weighted by molar-refractivity contribution is 9.10. The number of hydrogen-bond acceptors (Lipinski definition) is 4. The number of benzene rings is 1. The van der Waals surface area contributed by atoms with Crippen molar-refractivity contribution in [2.45, 2.75) is 56.6 Å². The minimum atomic E-state index is -0.520. The third kappa shape index (κ3) is 6.81. The molecule has 1 aromatic carbocycles. The molecule has 1 rings (SSSR count). The first-order valence-corrected chi connectivity index (χ1v) is 9.68. The molecule has 0 radical (unpaired) electrons. The Morgan fingerprint density at radius 1 is 1.33 bits per heavy atom. The Morgan fingerprint density at radius 2 is 2.04 bits per heavy atom. The van der Waals surface area contributed by atoms with E-state index in [1.165, 1.54) is 23.9 Å². The largest absolute Gasteiger partial charge is 0.465 e. The zero-order chi connectivity index (χ0) is 18.1. The summed E-state index contributed by atoms with van der Waals surface area (Å²) in [5, 5.41) is 2.13. The Labute approximate surface area is 155 Å². The van der Waals surface area contributed by atoms with E-state index in [0.717, 1.165) is 12.8 Å². The number of thioether (sulfide) groups is 1. The van der Waals surface area contributed by atoms with E-state index in [1.54, 1.807) is 6.92 Å². The molecule has 0 aliphatic carbocycles. The van der Waals surface area contributed by atoms with Gasteiger partial charge in [-0.2, -0.15) is 0 Å². The molecule has 7 heteroatoms. The van der Waals surface area contributed by atoms with Gasteiger partial charge in [-0.25, -0.2) is 4.39 Å². The SMILES string of the molecule is CCCCOC(=O)C(C)Sc1cc(NC(=O)CCC)c(F)cc1Br. The molecule has 0 bridgehead atoms. The highest BCUT2D eigenvalue weighted by atomic mass is 79.9. The summed E-state index contributed by atoms with van der Waals surface area (Å²) in [5.41, 5.74) is 0.116. The van der Waals surface area contributed by atoms with E-state index in [1.807, 2.05) is 13.8 Å². The van der Waals surface area contributed by atoms with E-state index in [-0.39, 0.29) is 17.6 Å². The van der Waals surface area contributed by atoms with Gasteiger partial charge in [-0.05, 0) is 47.8 Å². The van der Waals surface area contributed by atoms with E-state index in [4.69, 9.17) is 4.74 Å². The lowest BCUT2D eigenvalue weighted by molar-refractivity contribution is -0.142. The maximum Gasteiger partial charge on any atom is 0.319 e. The van der Waals surface area contributed by atoms with Gasteiger partial charge >= 0.3 is 5.97 Å². The van der Waals surface area contributed by atoms with Crippen molar-refractivity contribution in [3.63, 3.8) is 0 Å². The zero-order valence-electron chi connectivity index (χ0n) is 14.2. The van der Waals surface area contributed by atoms with Gasteiger partial charge in [0, 0.05) is 15.8 Å². The number of carbonyl (C=O) groups excluding carboxylic acids is 2. The summed E-state index contributed by atoms with van der Waals surface area (Å²) in [6, 6.07) is 2.83. The molecule has 1 atom stereocenters. The second-order valence-electron chi connectivity index (χ2n) is 5.34. The van der Waals surface area contributed by atoms with E-state index in [2.05, 4.69) is 21.2 Å². The first-order chi connectivity index (χ1) is 11.4. The van der Waals surface area contributed by atoms with Gasteiger partial charge in [0.1, 0.15) is 11.1 Å². The molecule has 1 unspecified atom stereocenters. The van der Waals surface area contributed by atoms with Crippen molar-refractivity contribution >= 4 is 45.3 Å². The first kappa shape index (κ1) is 21.0. The highest BCUT2D eigenvalue weighted by Crippen LogP contribution is 2.35. The zero-order valence-corrected chi connectivity index (χ0v) is 16.6. The van der Waals surface area contributed by atoms with Gasteiger partial charge in [0.25, 0.3) is 0 Å². The van der Waals surface area contributed by atoms with Crippen LogP contribution in [0.4, 0.5) is 10.1 Å². The molecule has 1 aromatic rings. The van der Waals surface area contributed by atoms with Crippen LogP contribution in [0.1, 0.15) is 46.5 Å². The molecule has 0 heterocycles. The van der Waals surface area contributed by atoms with Crippen molar-refractivity contribution in [3.05, 3.63) is 22.4 Å². The second-order valence-corrected chi connectivity index (χ2v) is 7.58. The molecule has 0 fully saturated rings. The van der Waals surface area contributed by atoms with Crippen molar-refractivity contribution in [2.75, 3.05) is 11.9 Å². The van der Waals surface area contributed by atoms with Gasteiger partial charge in [0.15, 0.2) is 0 Å². The fraction of sp³-hybridized carbons (Fsp3) is 0.529. The maximum absolute atomic E-state index is 14.0. The minimum Gasteiger partial charge on any atom is -0.465 e. The number of hydrogen-bond donors (Lipinski definition) is 1. The van der Waals surface area contributed by atoms with E-state index in [9.17, 15) is 14.0 Å². The summed E-state index contributed by atoms with van der Waals surface area (Å²) in [6.45, 7) is 6.05. The van der Waals surface area contributed by atoms with Crippen LogP contribution in [0.25, 0.3) is 0 Å². The summed E-state index contributed by atoms with van der Waals surface area (Å²) in [4.78, 5) is 24.3. The number of rotatable bonds is 9. The Balaban J connectivity index is 2.79. The number of esters is 1. The van der Waals surface area contributed by atoms with Gasteiger partial charge in [-0.3, -0.25) is 9.59 Å². The van der Waals surface area contributed by atoms with Gasteiger partial charge in [0.05, 0.1) is 12.3 Å². The Bertz CT molecular complexity index is 583. The lowest BCUT2D eigenvalue weighted by Crippen LogP contribution is -2.17. The van der Waals surface area contributed by atoms with Crippen LogP contribution in [0.15, 0.2) is 21.5 Å². The Morgan fingerprint density at radius 3 is 2.67 bits per heavy atom. The van der Waals surface area contributed by atoms with Gasteiger partial charge < -0.3 is 10.1 Å². The summed E-state index contributed by atoms with van der Waals surface area (Å²) in [5.74, 6) is -1.06. The molecule has 1 N–H and O–H groups in total. The number of halogens is 2. The molecule has 0 aliphatic heterocycles. The smallest absolute Gasteiger partial charge is 0.319 e. The molecule has 0 spiro atoms. The molecule has 24 heavy (non-hydrogen) atoms. The van der Waals surface area contributed by atoms with Gasteiger partial charge in [0.2, 0.25) is 5.91 Å². The van der Waals surface area contributed by atoms with Crippen LogP contribution in [-0.2, 0) is 14.3 Å². The lowest BCUT2D eigenvalue weighted by Gasteiger charge is -2.14. The predicted molar refractivity (Wildman–Crippen MR) is 98.8 cm³/mol. The van der Waals surface area contributed by atoms with Crippen molar-refractivity contribution < 1.29 is 18.7 Å². The number of unbranched alkanes of at least 4 members (excludes halogenated alkanes) is 1. The summed E-state index contributed by atoms with van der Waals surface area (Å²) >= 11 is 4.55. The van der Waals surface area contributed by atoms with Crippen molar-refractivity contribution in [1.82, 2.24) is 0 Å². The predicted octanol–water partition coefficient (Wildman–Crippen LogP) is 5.15. The number of nitrogens with one attached hydrogen (secondary N) is 1. The van der Waals surface area contributed by atoms with Crippen LogP contribution in [0.5, 0.6) is 0 Å². The van der Waals surface area contributed by atoms with Crippen molar-refractivity contribution in [1.29, 1.82) is 0 Å². The van der Waals surface area contributed by atoms with Crippen LogP contribution in [0.3, 0.4) is 0 Å². The third-order valence-electron chi connectivity index (χ3n) is 3.15. The number of carbonyl (C=O) groups is 2. The highest BCUT2D eigenvalue weighted by Gasteiger charge is 2.19. The molecule has 1 amide bonds. The number of amides is 1. The quantitative estimate of drug-likeness (QED) is 0.341. The molecule has 0 aromatic heterocycles. The summed E-state index contributed by atoms with van der Waals surface area (Å²) in [7, 11) is 0. The Hall–Kier alpha value is -1.08. The summed E-state index contributed by atoms with van der Waals surface area (Å²) < 4.78 is 19.7. The second kappa shape index (κ2) is 10.7. The van der Waals surface area contributed by atoms with Crippen molar-refractivity contribution in [2.24, 2.45) is 0 Å². The fourth-order valence-electron chi connectivity index (χ4n) is 1.83. The molecule has 134 valence electrons. The van der Waals surface area contributed by atoms with Crippen molar-refractivity contribution in [3.8, 4) is 0 Å². The fourth-order valence-corrected chi connectivity index (χ4v) is 3.33. The minimum absolute atomic E-state index is 0.116. The number of anilines is 1. The van der Waals surface area contributed by atoms with Crippen LogP contribution in [0.2, 0.25) is 0 Å². The maximum atomic E-state index is 14.0. The van der Waals surface area contributed by atoms with Gasteiger partial charge in [-0.15, -0.1) is 11.8 Å².